The van der Waals surface area contributed by atoms with Crippen molar-refractivity contribution in [2.75, 3.05) is 23.3 Å². The third-order valence-electron chi connectivity index (χ3n) is 6.17. The summed E-state index contributed by atoms with van der Waals surface area (Å²) in [5, 5.41) is 10.6. The molecule has 0 saturated carbocycles. The Bertz CT molecular complexity index is 960. The average Bonchev–Trinajstić information content (AvgIpc) is 3.35. The number of aryl methyl sites for hydroxylation is 1. The van der Waals surface area contributed by atoms with Crippen LogP contribution in [-0.4, -0.2) is 40.7 Å². The van der Waals surface area contributed by atoms with Crippen molar-refractivity contribution in [2.45, 2.75) is 79.3 Å². The number of hydrogen-bond acceptors (Lipinski definition) is 4. The monoisotopic (exact) mass is 453 g/mol. The molecule has 1 fully saturated rings. The van der Waals surface area contributed by atoms with Gasteiger partial charge in [-0.25, -0.2) is 0 Å². The number of aromatic nitrogens is 2. The van der Waals surface area contributed by atoms with Crippen molar-refractivity contribution in [3.05, 3.63) is 41.2 Å². The third kappa shape index (κ3) is 7.07. The predicted molar refractivity (Wildman–Crippen MR) is 134 cm³/mol. The van der Waals surface area contributed by atoms with Gasteiger partial charge in [-0.15, -0.1) is 0 Å². The van der Waals surface area contributed by atoms with E-state index in [-0.39, 0.29) is 24.3 Å². The van der Waals surface area contributed by atoms with Crippen LogP contribution in [0.2, 0.25) is 0 Å². The highest BCUT2D eigenvalue weighted by atomic mass is 16.2. The van der Waals surface area contributed by atoms with Gasteiger partial charge in [0.15, 0.2) is 0 Å². The zero-order chi connectivity index (χ0) is 24.0. The molecule has 2 amide bonds. The van der Waals surface area contributed by atoms with Gasteiger partial charge in [0, 0.05) is 55.6 Å². The van der Waals surface area contributed by atoms with E-state index in [9.17, 15) is 9.59 Å². The molecule has 1 saturated heterocycles. The lowest BCUT2D eigenvalue weighted by atomic mass is 10.1. The first kappa shape index (κ1) is 24.8. The summed E-state index contributed by atoms with van der Waals surface area (Å²) in [4.78, 5) is 27.3. The van der Waals surface area contributed by atoms with Crippen molar-refractivity contribution < 1.29 is 9.59 Å². The summed E-state index contributed by atoms with van der Waals surface area (Å²) >= 11 is 0. The van der Waals surface area contributed by atoms with Crippen LogP contribution >= 0.6 is 0 Å². The molecule has 180 valence electrons. The summed E-state index contributed by atoms with van der Waals surface area (Å²) in [6.07, 6.45) is 3.72. The van der Waals surface area contributed by atoms with Gasteiger partial charge in [0.1, 0.15) is 0 Å². The molecule has 3 rings (SSSR count). The summed E-state index contributed by atoms with van der Waals surface area (Å²) in [7, 11) is 0. The maximum atomic E-state index is 12.5. The molecule has 1 aromatic carbocycles. The fourth-order valence-corrected chi connectivity index (χ4v) is 4.50. The van der Waals surface area contributed by atoms with E-state index in [2.05, 4.69) is 47.5 Å². The van der Waals surface area contributed by atoms with Crippen LogP contribution < -0.4 is 15.5 Å². The van der Waals surface area contributed by atoms with Crippen LogP contribution in [0.3, 0.4) is 0 Å². The normalized spacial score (nSPS) is 14.5. The zero-order valence-electron chi connectivity index (χ0n) is 20.8. The maximum absolute atomic E-state index is 12.5. The molecule has 7 heteroatoms. The van der Waals surface area contributed by atoms with Crippen molar-refractivity contribution >= 4 is 23.2 Å². The van der Waals surface area contributed by atoms with Crippen molar-refractivity contribution in [3.63, 3.8) is 0 Å². The van der Waals surface area contributed by atoms with E-state index in [1.165, 1.54) is 12.8 Å². The Balaban J connectivity index is 1.45. The molecule has 0 spiro atoms. The standard InChI is InChI=1S/C26H39N5O2/c1-18(2)17-31-21(5)24(20(4)29-31)11-12-25(32)27-19(3)15-26(33)28-22-9-8-10-23(16-22)30-13-6-7-14-30/h8-10,16,18-19H,6-7,11-15,17H2,1-5H3,(H,27,32)(H,28,33). The number of nitrogens with one attached hydrogen (secondary N) is 2. The lowest BCUT2D eigenvalue weighted by Crippen LogP contribution is -2.35. The number of rotatable bonds is 10. The first-order valence-corrected chi connectivity index (χ1v) is 12.2. The molecule has 1 aliphatic heterocycles. The highest BCUT2D eigenvalue weighted by molar-refractivity contribution is 5.92. The summed E-state index contributed by atoms with van der Waals surface area (Å²) in [6.45, 7) is 13.3. The van der Waals surface area contributed by atoms with Crippen LogP contribution in [0.15, 0.2) is 24.3 Å². The van der Waals surface area contributed by atoms with Crippen LogP contribution in [0.4, 0.5) is 11.4 Å². The summed E-state index contributed by atoms with van der Waals surface area (Å²) in [5.41, 5.74) is 5.22. The fourth-order valence-electron chi connectivity index (χ4n) is 4.50. The average molecular weight is 454 g/mol. The largest absolute Gasteiger partial charge is 0.371 e. The summed E-state index contributed by atoms with van der Waals surface area (Å²) in [6, 6.07) is 7.76. The van der Waals surface area contributed by atoms with E-state index in [4.69, 9.17) is 0 Å². The fraction of sp³-hybridized carbons (Fsp3) is 0.577. The topological polar surface area (TPSA) is 79.3 Å². The van der Waals surface area contributed by atoms with Crippen molar-refractivity contribution in [1.29, 1.82) is 0 Å². The third-order valence-corrected chi connectivity index (χ3v) is 6.17. The minimum atomic E-state index is -0.231. The lowest BCUT2D eigenvalue weighted by molar-refractivity contribution is -0.122. The second-order valence-electron chi connectivity index (χ2n) is 9.69. The van der Waals surface area contributed by atoms with Gasteiger partial charge in [-0.3, -0.25) is 14.3 Å². The van der Waals surface area contributed by atoms with E-state index in [1.54, 1.807) is 0 Å². The number of benzene rings is 1. The number of carbonyl (C=O) groups is 2. The minimum absolute atomic E-state index is 0.0401. The van der Waals surface area contributed by atoms with Gasteiger partial charge in [-0.1, -0.05) is 19.9 Å². The molecule has 2 heterocycles. The minimum Gasteiger partial charge on any atom is -0.371 e. The second-order valence-corrected chi connectivity index (χ2v) is 9.69. The van der Waals surface area contributed by atoms with Crippen LogP contribution in [-0.2, 0) is 22.6 Å². The summed E-state index contributed by atoms with van der Waals surface area (Å²) in [5.74, 6) is 0.388. The zero-order valence-corrected chi connectivity index (χ0v) is 20.8. The van der Waals surface area contributed by atoms with Gasteiger partial charge in [0.25, 0.3) is 0 Å². The van der Waals surface area contributed by atoms with Gasteiger partial charge in [-0.2, -0.15) is 5.10 Å². The molecule has 1 atom stereocenters. The van der Waals surface area contributed by atoms with Crippen LogP contribution in [0.1, 0.15) is 63.4 Å². The molecule has 2 aromatic rings. The Hall–Kier alpha value is -2.83. The first-order valence-electron chi connectivity index (χ1n) is 12.2. The maximum Gasteiger partial charge on any atom is 0.226 e. The van der Waals surface area contributed by atoms with Gasteiger partial charge < -0.3 is 15.5 Å². The summed E-state index contributed by atoms with van der Waals surface area (Å²) < 4.78 is 2.04. The van der Waals surface area contributed by atoms with Crippen molar-refractivity contribution in [2.24, 2.45) is 5.92 Å². The Kier molecular flexibility index (Phi) is 8.53. The van der Waals surface area contributed by atoms with E-state index >= 15 is 0 Å². The van der Waals surface area contributed by atoms with Gasteiger partial charge in [0.05, 0.1) is 5.69 Å². The number of anilines is 2. The number of hydrogen-bond donors (Lipinski definition) is 2. The van der Waals surface area contributed by atoms with Gasteiger partial charge >= 0.3 is 0 Å². The quantitative estimate of drug-likeness (QED) is 0.564. The molecule has 7 nitrogen and oxygen atoms in total. The Labute approximate surface area is 197 Å². The Morgan fingerprint density at radius 1 is 1.09 bits per heavy atom. The molecular weight excluding hydrogens is 414 g/mol. The molecular formula is C26H39N5O2. The Morgan fingerprint density at radius 3 is 2.52 bits per heavy atom. The van der Waals surface area contributed by atoms with Crippen LogP contribution in [0.5, 0.6) is 0 Å². The van der Waals surface area contributed by atoms with Crippen LogP contribution in [0.25, 0.3) is 0 Å². The number of amides is 2. The first-order chi connectivity index (χ1) is 15.7. The molecule has 0 bridgehead atoms. The molecule has 1 aromatic heterocycles. The van der Waals surface area contributed by atoms with Gasteiger partial charge in [-0.05, 0) is 69.7 Å². The highest BCUT2D eigenvalue weighted by Gasteiger charge is 2.17. The highest BCUT2D eigenvalue weighted by Crippen LogP contribution is 2.23. The van der Waals surface area contributed by atoms with E-state index in [1.807, 2.05) is 36.7 Å². The molecule has 33 heavy (non-hydrogen) atoms. The molecule has 1 unspecified atom stereocenters. The van der Waals surface area contributed by atoms with Gasteiger partial charge in [0.2, 0.25) is 11.8 Å². The molecule has 0 aliphatic carbocycles. The number of nitrogens with zero attached hydrogens (tertiary/aromatic N) is 3. The van der Waals surface area contributed by atoms with E-state index in [0.717, 1.165) is 48.0 Å². The van der Waals surface area contributed by atoms with E-state index < -0.39 is 0 Å². The predicted octanol–water partition coefficient (Wildman–Crippen LogP) is 4.22. The smallest absolute Gasteiger partial charge is 0.226 e. The van der Waals surface area contributed by atoms with Crippen LogP contribution in [0, 0.1) is 19.8 Å². The SMILES string of the molecule is Cc1nn(CC(C)C)c(C)c1CCC(=O)NC(C)CC(=O)Nc1cccc(N2CCCC2)c1. The lowest BCUT2D eigenvalue weighted by Gasteiger charge is -2.19. The molecule has 0 radical (unpaired) electrons. The Morgan fingerprint density at radius 2 is 1.82 bits per heavy atom. The second kappa shape index (κ2) is 11.3. The molecule has 2 N–H and O–H groups in total. The van der Waals surface area contributed by atoms with Crippen molar-refractivity contribution in [3.8, 4) is 0 Å². The molecule has 1 aliphatic rings. The van der Waals surface area contributed by atoms with E-state index in [0.29, 0.717) is 18.8 Å². The number of carbonyl (C=O) groups excluding carboxylic acids is 2. The van der Waals surface area contributed by atoms with Crippen molar-refractivity contribution in [1.82, 2.24) is 15.1 Å².